The van der Waals surface area contributed by atoms with Gasteiger partial charge in [-0.2, -0.15) is 0 Å². The predicted molar refractivity (Wildman–Crippen MR) is 101 cm³/mol. The lowest BCUT2D eigenvalue weighted by molar-refractivity contribution is -0.126. The average molecular weight is 353 g/mol. The molecule has 3 nitrogen and oxygen atoms in total. The van der Waals surface area contributed by atoms with E-state index in [-0.39, 0.29) is 17.8 Å². The molecule has 0 spiro atoms. The normalized spacial score (nSPS) is 17.4. The number of hydrogen-bond donors (Lipinski definition) is 0. The summed E-state index contributed by atoms with van der Waals surface area (Å²) in [6.45, 7) is 2.67. The molecule has 0 saturated carbocycles. The second kappa shape index (κ2) is 8.17. The van der Waals surface area contributed by atoms with Gasteiger partial charge in [0.15, 0.2) is 0 Å². The van der Waals surface area contributed by atoms with E-state index in [2.05, 4.69) is 12.1 Å². The number of rotatable bonds is 5. The van der Waals surface area contributed by atoms with Crippen molar-refractivity contribution < 1.29 is 13.9 Å². The Balaban J connectivity index is 1.69. The highest BCUT2D eigenvalue weighted by Crippen LogP contribution is 2.24. The Hall–Kier alpha value is -2.62. The van der Waals surface area contributed by atoms with Crippen LogP contribution in [0.4, 0.5) is 4.39 Å². The maximum Gasteiger partial charge on any atom is 0.247 e. The van der Waals surface area contributed by atoms with Gasteiger partial charge in [-0.1, -0.05) is 24.3 Å². The van der Waals surface area contributed by atoms with Gasteiger partial charge in [-0.05, 0) is 67.2 Å². The number of nitrogens with zero attached hydrogens (tertiary/aromatic N) is 1. The molecule has 26 heavy (non-hydrogen) atoms. The smallest absolute Gasteiger partial charge is 0.247 e. The van der Waals surface area contributed by atoms with E-state index in [1.54, 1.807) is 25.3 Å². The molecule has 1 aliphatic heterocycles. The number of carbonyl (C=O) groups is 1. The Morgan fingerprint density at radius 3 is 2.54 bits per heavy atom. The van der Waals surface area contributed by atoms with Gasteiger partial charge in [0.2, 0.25) is 5.91 Å². The van der Waals surface area contributed by atoms with E-state index in [0.29, 0.717) is 0 Å². The van der Waals surface area contributed by atoms with Crippen LogP contribution in [0.25, 0.3) is 5.57 Å². The highest BCUT2D eigenvalue weighted by molar-refractivity contribution is 5.95. The van der Waals surface area contributed by atoms with Crippen LogP contribution in [0.2, 0.25) is 0 Å². The van der Waals surface area contributed by atoms with Gasteiger partial charge >= 0.3 is 0 Å². The maximum atomic E-state index is 13.1. The molecule has 0 aliphatic carbocycles. The first-order valence-corrected chi connectivity index (χ1v) is 8.94. The van der Waals surface area contributed by atoms with Crippen molar-refractivity contribution in [3.05, 3.63) is 71.6 Å². The quantitative estimate of drug-likeness (QED) is 0.742. The highest BCUT2D eigenvalue weighted by atomic mass is 19.1. The second-order valence-electron chi connectivity index (χ2n) is 6.71. The summed E-state index contributed by atoms with van der Waals surface area (Å²) in [4.78, 5) is 14.7. The molecule has 1 fully saturated rings. The average Bonchev–Trinajstić information content (AvgIpc) is 3.11. The summed E-state index contributed by atoms with van der Waals surface area (Å²) in [5, 5.41) is 0. The Kier molecular flexibility index (Phi) is 5.71. The molecule has 0 radical (unpaired) electrons. The van der Waals surface area contributed by atoms with Crippen LogP contribution in [-0.4, -0.2) is 30.5 Å². The van der Waals surface area contributed by atoms with Crippen molar-refractivity contribution >= 4 is 11.5 Å². The number of allylic oxidation sites excluding steroid dienone is 1. The van der Waals surface area contributed by atoms with Crippen LogP contribution in [0.3, 0.4) is 0 Å². The number of halogens is 1. The first kappa shape index (κ1) is 18.2. The number of amides is 1. The maximum absolute atomic E-state index is 13.1. The number of methoxy groups -OCH3 is 1. The number of benzene rings is 2. The fourth-order valence-electron chi connectivity index (χ4n) is 3.44. The molecule has 2 aromatic rings. The summed E-state index contributed by atoms with van der Waals surface area (Å²) in [6.07, 6.45) is 4.55. The lowest BCUT2D eigenvalue weighted by Crippen LogP contribution is -2.35. The van der Waals surface area contributed by atoms with Crippen LogP contribution in [0, 0.1) is 5.82 Å². The highest BCUT2D eigenvalue weighted by Gasteiger charge is 2.27. The monoisotopic (exact) mass is 353 g/mol. The van der Waals surface area contributed by atoms with Gasteiger partial charge in [-0.3, -0.25) is 4.79 Å². The summed E-state index contributed by atoms with van der Waals surface area (Å²) >= 11 is 0. The standard InChI is InChI=1S/C22H24FNO2/c1-16(18-7-9-19(23)10-8-18)14-22(25)24-13-3-4-20(24)15-17-5-11-21(26-2)12-6-17/h5-12,14,20H,3-4,13,15H2,1-2H3/b16-14+. The van der Waals surface area contributed by atoms with Crippen LogP contribution < -0.4 is 4.74 Å². The summed E-state index contributed by atoms with van der Waals surface area (Å²) in [5.41, 5.74) is 2.92. The lowest BCUT2D eigenvalue weighted by Gasteiger charge is -2.24. The van der Waals surface area contributed by atoms with Gasteiger partial charge in [0.05, 0.1) is 7.11 Å². The molecule has 3 rings (SSSR count). The minimum atomic E-state index is -0.271. The molecule has 1 saturated heterocycles. The fourth-order valence-corrected chi connectivity index (χ4v) is 3.44. The van der Waals surface area contributed by atoms with Gasteiger partial charge in [0, 0.05) is 18.7 Å². The van der Waals surface area contributed by atoms with Crippen molar-refractivity contribution in [1.82, 2.24) is 4.90 Å². The summed E-state index contributed by atoms with van der Waals surface area (Å²) in [6, 6.07) is 14.5. The van der Waals surface area contributed by atoms with E-state index >= 15 is 0 Å². The predicted octanol–water partition coefficient (Wildman–Crippen LogP) is 4.47. The van der Waals surface area contributed by atoms with Crippen LogP contribution >= 0.6 is 0 Å². The second-order valence-corrected chi connectivity index (χ2v) is 6.71. The molecule has 1 atom stereocenters. The summed E-state index contributed by atoms with van der Waals surface area (Å²) in [5.74, 6) is 0.598. The molecule has 136 valence electrons. The van der Waals surface area contributed by atoms with Crippen LogP contribution in [0.5, 0.6) is 5.75 Å². The Morgan fingerprint density at radius 2 is 1.88 bits per heavy atom. The van der Waals surface area contributed by atoms with E-state index in [4.69, 9.17) is 4.74 Å². The zero-order valence-electron chi connectivity index (χ0n) is 15.2. The van der Waals surface area contributed by atoms with Crippen LogP contribution in [0.1, 0.15) is 30.9 Å². The van der Waals surface area contributed by atoms with E-state index in [0.717, 1.165) is 42.7 Å². The molecule has 0 N–H and O–H groups in total. The molecule has 1 aliphatic rings. The van der Waals surface area contributed by atoms with Crippen molar-refractivity contribution in [2.45, 2.75) is 32.2 Å². The Labute approximate surface area is 154 Å². The Morgan fingerprint density at radius 1 is 1.19 bits per heavy atom. The van der Waals surface area contributed by atoms with Crippen molar-refractivity contribution in [2.24, 2.45) is 0 Å². The number of likely N-dealkylation sites (tertiary alicyclic amines) is 1. The zero-order valence-corrected chi connectivity index (χ0v) is 15.2. The topological polar surface area (TPSA) is 29.5 Å². The fraction of sp³-hybridized carbons (Fsp3) is 0.318. The molecular weight excluding hydrogens is 329 g/mol. The first-order valence-electron chi connectivity index (χ1n) is 8.94. The van der Waals surface area contributed by atoms with E-state index in [1.165, 1.54) is 17.7 Å². The van der Waals surface area contributed by atoms with Crippen molar-refractivity contribution in [2.75, 3.05) is 13.7 Å². The largest absolute Gasteiger partial charge is 0.497 e. The number of hydrogen-bond acceptors (Lipinski definition) is 2. The molecule has 1 amide bonds. The number of ether oxygens (including phenoxy) is 1. The minimum absolute atomic E-state index is 0.0304. The molecular formula is C22H24FNO2. The molecule has 0 bridgehead atoms. The zero-order chi connectivity index (χ0) is 18.5. The van der Waals surface area contributed by atoms with Gasteiger partial charge in [0.25, 0.3) is 0 Å². The third kappa shape index (κ3) is 4.31. The van der Waals surface area contributed by atoms with Gasteiger partial charge in [-0.25, -0.2) is 4.39 Å². The van der Waals surface area contributed by atoms with Gasteiger partial charge < -0.3 is 9.64 Å². The third-order valence-corrected chi connectivity index (χ3v) is 4.93. The third-order valence-electron chi connectivity index (χ3n) is 4.93. The molecule has 1 unspecified atom stereocenters. The molecule has 4 heteroatoms. The first-order chi connectivity index (χ1) is 12.6. The van der Waals surface area contributed by atoms with Crippen LogP contribution in [0.15, 0.2) is 54.6 Å². The van der Waals surface area contributed by atoms with E-state index < -0.39 is 0 Å². The van der Waals surface area contributed by atoms with Crippen molar-refractivity contribution in [1.29, 1.82) is 0 Å². The van der Waals surface area contributed by atoms with Crippen molar-refractivity contribution in [3.63, 3.8) is 0 Å². The van der Waals surface area contributed by atoms with Crippen LogP contribution in [-0.2, 0) is 11.2 Å². The SMILES string of the molecule is COc1ccc(CC2CCCN2C(=O)/C=C(\C)c2ccc(F)cc2)cc1. The van der Waals surface area contributed by atoms with Gasteiger partial charge in [-0.15, -0.1) is 0 Å². The molecule has 1 heterocycles. The molecule has 0 aromatic heterocycles. The summed E-state index contributed by atoms with van der Waals surface area (Å²) < 4.78 is 18.3. The van der Waals surface area contributed by atoms with E-state index in [1.807, 2.05) is 24.0 Å². The lowest BCUT2D eigenvalue weighted by atomic mass is 10.0. The Bertz CT molecular complexity index is 781. The van der Waals surface area contributed by atoms with Gasteiger partial charge in [0.1, 0.15) is 11.6 Å². The van der Waals surface area contributed by atoms with E-state index in [9.17, 15) is 9.18 Å². The minimum Gasteiger partial charge on any atom is -0.497 e. The number of carbonyl (C=O) groups excluding carboxylic acids is 1. The molecule has 2 aromatic carbocycles. The summed E-state index contributed by atoms with van der Waals surface area (Å²) in [7, 11) is 1.65. The van der Waals surface area contributed by atoms with Crippen molar-refractivity contribution in [3.8, 4) is 5.75 Å².